The van der Waals surface area contributed by atoms with Crippen LogP contribution in [0, 0.1) is 23.0 Å². The van der Waals surface area contributed by atoms with Crippen LogP contribution < -0.4 is 4.90 Å². The van der Waals surface area contributed by atoms with Gasteiger partial charge in [0.05, 0.1) is 28.9 Å². The van der Waals surface area contributed by atoms with E-state index in [1.54, 1.807) is 6.07 Å². The summed E-state index contributed by atoms with van der Waals surface area (Å²) in [7, 11) is 0. The van der Waals surface area contributed by atoms with Crippen molar-refractivity contribution in [1.82, 2.24) is 30.0 Å². The molecule has 0 saturated carbocycles. The molecule has 2 aliphatic rings. The third kappa shape index (κ3) is 5.55. The summed E-state index contributed by atoms with van der Waals surface area (Å²) in [6, 6.07) is 19.7. The summed E-state index contributed by atoms with van der Waals surface area (Å²) < 4.78 is 29.8. The van der Waals surface area contributed by atoms with Crippen molar-refractivity contribution < 1.29 is 13.6 Å². The predicted octanol–water partition coefficient (Wildman–Crippen LogP) is 4.31. The van der Waals surface area contributed by atoms with Crippen molar-refractivity contribution in [2.75, 3.05) is 37.6 Å². The highest BCUT2D eigenvalue weighted by atomic mass is 35.5. The Bertz CT molecular complexity index is 1630. The number of benzene rings is 3. The van der Waals surface area contributed by atoms with Gasteiger partial charge in [-0.25, -0.2) is 13.5 Å². The van der Waals surface area contributed by atoms with Crippen LogP contribution in [0.15, 0.2) is 66.7 Å². The van der Waals surface area contributed by atoms with Gasteiger partial charge in [0.1, 0.15) is 17.7 Å². The second-order valence-electron chi connectivity index (χ2n) is 10.5. The second-order valence-corrected chi connectivity index (χ2v) is 10.9. The zero-order valence-electron chi connectivity index (χ0n) is 22.6. The second kappa shape index (κ2) is 11.8. The molecular weight excluding hydrogens is 562 g/mol. The van der Waals surface area contributed by atoms with E-state index < -0.39 is 17.7 Å². The predicted molar refractivity (Wildman–Crippen MR) is 152 cm³/mol. The minimum Gasteiger partial charge on any atom is -0.367 e. The molecule has 42 heavy (non-hydrogen) atoms. The quantitative estimate of drug-likeness (QED) is 0.331. The number of tetrazole rings is 1. The van der Waals surface area contributed by atoms with Gasteiger partial charge in [0.2, 0.25) is 5.91 Å². The van der Waals surface area contributed by atoms with Crippen molar-refractivity contribution >= 4 is 23.2 Å². The van der Waals surface area contributed by atoms with Crippen LogP contribution in [0.4, 0.5) is 14.5 Å². The molecule has 0 bridgehead atoms. The Morgan fingerprint density at radius 3 is 2.52 bits per heavy atom. The number of hydrogen-bond acceptors (Lipinski definition) is 7. The standard InChI is InChI=1S/C30H27ClF2N8O/c31-22-7-5-20(6-8-22)18-40-19-24(41-29(35-36-37-41)25-10-9-23(32)15-26(25)33)16-28(40)30(42)39-13-11-38(12-14-39)27-4-2-1-3-21(27)17-34/h1-10,15,24,28H,11-14,16,18-19H2/t24-,28-/m0/s1. The molecule has 6 rings (SSSR count). The molecule has 0 radical (unpaired) electrons. The molecule has 2 aliphatic heterocycles. The normalized spacial score (nSPS) is 19.2. The third-order valence-electron chi connectivity index (χ3n) is 7.93. The molecule has 2 saturated heterocycles. The van der Waals surface area contributed by atoms with E-state index >= 15 is 0 Å². The van der Waals surface area contributed by atoms with Crippen LogP contribution >= 0.6 is 11.6 Å². The van der Waals surface area contributed by atoms with Gasteiger partial charge >= 0.3 is 0 Å². The number of carbonyl (C=O) groups is 1. The molecule has 1 aromatic heterocycles. The average molecular weight is 589 g/mol. The molecule has 12 heteroatoms. The molecule has 3 heterocycles. The molecule has 9 nitrogen and oxygen atoms in total. The molecule has 0 aliphatic carbocycles. The first kappa shape index (κ1) is 27.8. The Morgan fingerprint density at radius 1 is 1.02 bits per heavy atom. The minimum absolute atomic E-state index is 0.00210. The Balaban J connectivity index is 1.23. The number of amides is 1. The van der Waals surface area contributed by atoms with E-state index in [-0.39, 0.29) is 23.3 Å². The van der Waals surface area contributed by atoms with Gasteiger partial charge < -0.3 is 9.80 Å². The lowest BCUT2D eigenvalue weighted by Crippen LogP contribution is -2.53. The molecule has 2 fully saturated rings. The fourth-order valence-electron chi connectivity index (χ4n) is 5.82. The first-order chi connectivity index (χ1) is 20.4. The molecular formula is C30H27ClF2N8O. The van der Waals surface area contributed by atoms with Gasteiger partial charge in [-0.3, -0.25) is 9.69 Å². The largest absolute Gasteiger partial charge is 0.367 e. The van der Waals surface area contributed by atoms with Gasteiger partial charge in [-0.2, -0.15) is 5.26 Å². The zero-order chi connectivity index (χ0) is 29.2. The smallest absolute Gasteiger partial charge is 0.240 e. The first-order valence-electron chi connectivity index (χ1n) is 13.7. The van der Waals surface area contributed by atoms with Crippen LogP contribution in [0.5, 0.6) is 0 Å². The van der Waals surface area contributed by atoms with E-state index in [9.17, 15) is 18.8 Å². The number of piperazine rings is 1. The highest BCUT2D eigenvalue weighted by Gasteiger charge is 2.41. The summed E-state index contributed by atoms with van der Waals surface area (Å²) in [6.45, 7) is 3.21. The van der Waals surface area contributed by atoms with E-state index in [0.29, 0.717) is 56.3 Å². The summed E-state index contributed by atoms with van der Waals surface area (Å²) in [5.41, 5.74) is 2.57. The van der Waals surface area contributed by atoms with Gasteiger partial charge in [0, 0.05) is 50.4 Å². The summed E-state index contributed by atoms with van der Waals surface area (Å²) >= 11 is 6.10. The first-order valence-corrected chi connectivity index (χ1v) is 14.0. The minimum atomic E-state index is -0.759. The maximum atomic E-state index is 14.7. The summed E-state index contributed by atoms with van der Waals surface area (Å²) in [6.07, 6.45) is 0.421. The Kier molecular flexibility index (Phi) is 7.82. The van der Waals surface area contributed by atoms with Crippen molar-refractivity contribution in [2.24, 2.45) is 0 Å². The summed E-state index contributed by atoms with van der Waals surface area (Å²) in [4.78, 5) is 20.1. The Morgan fingerprint density at radius 2 is 1.79 bits per heavy atom. The number of aromatic nitrogens is 4. The number of carbonyl (C=O) groups excluding carboxylic acids is 1. The summed E-state index contributed by atoms with van der Waals surface area (Å²) in [5, 5.41) is 22.1. The lowest BCUT2D eigenvalue weighted by Gasteiger charge is -2.38. The van der Waals surface area contributed by atoms with Gasteiger partial charge in [0.15, 0.2) is 5.82 Å². The average Bonchev–Trinajstić information content (AvgIpc) is 3.65. The number of anilines is 1. The fourth-order valence-corrected chi connectivity index (χ4v) is 5.95. The van der Waals surface area contributed by atoms with Crippen LogP contribution in [0.1, 0.15) is 23.6 Å². The topological polar surface area (TPSA) is 94.2 Å². The van der Waals surface area contributed by atoms with Gasteiger partial charge in [-0.05, 0) is 58.8 Å². The molecule has 1 amide bonds. The van der Waals surface area contributed by atoms with Crippen molar-refractivity contribution in [3.05, 3.63) is 94.5 Å². The number of halogens is 3. The van der Waals surface area contributed by atoms with Crippen molar-refractivity contribution in [3.63, 3.8) is 0 Å². The molecule has 2 atom stereocenters. The van der Waals surface area contributed by atoms with Gasteiger partial charge in [-0.15, -0.1) is 5.10 Å². The number of hydrogen-bond donors (Lipinski definition) is 0. The SMILES string of the molecule is N#Cc1ccccc1N1CCN(C(=O)[C@@H]2C[C@H](n3nnnc3-c3ccc(F)cc3F)CN2Cc2ccc(Cl)cc2)CC1. The van der Waals surface area contributed by atoms with Gasteiger partial charge in [-0.1, -0.05) is 35.9 Å². The lowest BCUT2D eigenvalue weighted by molar-refractivity contribution is -0.136. The van der Waals surface area contributed by atoms with Crippen LogP contribution in [-0.4, -0.2) is 74.7 Å². The van der Waals surface area contributed by atoms with Crippen LogP contribution in [0.25, 0.3) is 11.4 Å². The third-order valence-corrected chi connectivity index (χ3v) is 8.18. The van der Waals surface area contributed by atoms with Gasteiger partial charge in [0.25, 0.3) is 0 Å². The molecule has 0 unspecified atom stereocenters. The number of likely N-dealkylation sites (tertiary alicyclic amines) is 1. The Hall–Kier alpha value is -4.40. The van der Waals surface area contributed by atoms with E-state index in [1.165, 1.54) is 16.8 Å². The molecule has 214 valence electrons. The van der Waals surface area contributed by atoms with Crippen molar-refractivity contribution in [3.8, 4) is 17.5 Å². The van der Waals surface area contributed by atoms with E-state index in [4.69, 9.17) is 11.6 Å². The fraction of sp³-hybridized carbons (Fsp3) is 0.300. The van der Waals surface area contributed by atoms with Crippen LogP contribution in [-0.2, 0) is 11.3 Å². The maximum absolute atomic E-state index is 14.7. The van der Waals surface area contributed by atoms with E-state index in [2.05, 4.69) is 31.4 Å². The monoisotopic (exact) mass is 588 g/mol. The zero-order valence-corrected chi connectivity index (χ0v) is 23.3. The molecule has 0 N–H and O–H groups in total. The molecule has 3 aromatic carbocycles. The number of para-hydroxylation sites is 1. The highest BCUT2D eigenvalue weighted by molar-refractivity contribution is 6.30. The highest BCUT2D eigenvalue weighted by Crippen LogP contribution is 2.33. The van der Waals surface area contributed by atoms with Crippen LogP contribution in [0.3, 0.4) is 0 Å². The summed E-state index contributed by atoms with van der Waals surface area (Å²) in [5.74, 6) is -1.26. The van der Waals surface area contributed by atoms with E-state index in [1.807, 2.05) is 47.4 Å². The maximum Gasteiger partial charge on any atom is 0.240 e. The van der Waals surface area contributed by atoms with E-state index in [0.717, 1.165) is 17.3 Å². The molecule has 0 spiro atoms. The number of rotatable bonds is 6. The Labute approximate surface area is 246 Å². The van der Waals surface area contributed by atoms with Crippen molar-refractivity contribution in [2.45, 2.75) is 25.0 Å². The van der Waals surface area contributed by atoms with Crippen LogP contribution in [0.2, 0.25) is 5.02 Å². The molecule has 4 aromatic rings. The van der Waals surface area contributed by atoms with Crippen molar-refractivity contribution in [1.29, 1.82) is 5.26 Å². The number of nitriles is 1. The lowest BCUT2D eigenvalue weighted by atomic mass is 10.1. The number of nitrogens with zero attached hydrogens (tertiary/aromatic N) is 8.